The first kappa shape index (κ1) is 15.6. The van der Waals surface area contributed by atoms with Crippen LogP contribution in [0.4, 0.5) is 0 Å². The van der Waals surface area contributed by atoms with Crippen molar-refractivity contribution in [2.45, 2.75) is 12.0 Å². The van der Waals surface area contributed by atoms with E-state index in [4.69, 9.17) is 9.47 Å². The standard InChI is InChI=1S/C14H21NO4/c1-18-10-12(9-16)15-8-13(14(17)19-2)11-6-4-3-5-7-11/h3-7,12-13,15-16H,8-10H2,1-2H3. The molecule has 0 fully saturated rings. The molecule has 0 heterocycles. The van der Waals surface area contributed by atoms with Crippen molar-refractivity contribution >= 4 is 5.97 Å². The van der Waals surface area contributed by atoms with Crippen LogP contribution < -0.4 is 5.32 Å². The van der Waals surface area contributed by atoms with E-state index in [0.29, 0.717) is 13.2 Å². The molecule has 0 aliphatic heterocycles. The highest BCUT2D eigenvalue weighted by Gasteiger charge is 2.22. The van der Waals surface area contributed by atoms with Crippen LogP contribution >= 0.6 is 0 Å². The van der Waals surface area contributed by atoms with Crippen molar-refractivity contribution in [1.82, 2.24) is 5.32 Å². The predicted octanol–water partition coefficient (Wildman–Crippen LogP) is 0.540. The molecular formula is C14H21NO4. The molecule has 5 nitrogen and oxygen atoms in total. The van der Waals surface area contributed by atoms with Crippen molar-refractivity contribution in [3.8, 4) is 0 Å². The summed E-state index contributed by atoms with van der Waals surface area (Å²) in [4.78, 5) is 11.8. The van der Waals surface area contributed by atoms with Crippen LogP contribution in [-0.2, 0) is 14.3 Å². The van der Waals surface area contributed by atoms with Crippen molar-refractivity contribution in [3.63, 3.8) is 0 Å². The lowest BCUT2D eigenvalue weighted by Crippen LogP contribution is -2.40. The van der Waals surface area contributed by atoms with Gasteiger partial charge >= 0.3 is 5.97 Å². The molecule has 0 aliphatic rings. The summed E-state index contributed by atoms with van der Waals surface area (Å²) in [6.07, 6.45) is 0. The Morgan fingerprint density at radius 3 is 2.53 bits per heavy atom. The Morgan fingerprint density at radius 1 is 1.32 bits per heavy atom. The van der Waals surface area contributed by atoms with E-state index < -0.39 is 5.92 Å². The van der Waals surface area contributed by atoms with Gasteiger partial charge in [0.2, 0.25) is 0 Å². The number of nitrogens with one attached hydrogen (secondary N) is 1. The molecule has 2 N–H and O–H groups in total. The minimum atomic E-state index is -0.392. The zero-order valence-corrected chi connectivity index (χ0v) is 11.3. The quantitative estimate of drug-likeness (QED) is 0.673. The number of benzene rings is 1. The van der Waals surface area contributed by atoms with E-state index in [2.05, 4.69) is 5.32 Å². The number of ether oxygens (including phenoxy) is 2. The minimum absolute atomic E-state index is 0.0451. The number of esters is 1. The zero-order valence-electron chi connectivity index (χ0n) is 11.3. The molecule has 0 saturated heterocycles. The number of carbonyl (C=O) groups excluding carboxylic acids is 1. The second kappa shape index (κ2) is 8.63. The Balaban J connectivity index is 2.68. The summed E-state index contributed by atoms with van der Waals surface area (Å²) in [6, 6.07) is 9.22. The molecule has 19 heavy (non-hydrogen) atoms. The number of aliphatic hydroxyl groups excluding tert-OH is 1. The molecule has 0 bridgehead atoms. The smallest absolute Gasteiger partial charge is 0.314 e. The fourth-order valence-electron chi connectivity index (χ4n) is 1.83. The third-order valence-electron chi connectivity index (χ3n) is 2.89. The van der Waals surface area contributed by atoms with Crippen LogP contribution in [0.2, 0.25) is 0 Å². The van der Waals surface area contributed by atoms with Gasteiger partial charge in [-0.2, -0.15) is 0 Å². The van der Waals surface area contributed by atoms with Gasteiger partial charge in [-0.3, -0.25) is 4.79 Å². The van der Waals surface area contributed by atoms with Gasteiger partial charge in [0.1, 0.15) is 0 Å². The Morgan fingerprint density at radius 2 is 2.00 bits per heavy atom. The number of carbonyl (C=O) groups is 1. The fourth-order valence-corrected chi connectivity index (χ4v) is 1.83. The van der Waals surface area contributed by atoms with E-state index in [0.717, 1.165) is 5.56 Å². The molecule has 0 saturated carbocycles. The van der Waals surface area contributed by atoms with Crippen molar-refractivity contribution in [3.05, 3.63) is 35.9 Å². The summed E-state index contributed by atoms with van der Waals surface area (Å²) < 4.78 is 9.80. The van der Waals surface area contributed by atoms with Crippen LogP contribution in [0.5, 0.6) is 0 Å². The van der Waals surface area contributed by atoms with E-state index in [1.807, 2.05) is 30.3 Å². The van der Waals surface area contributed by atoms with Gasteiger partial charge in [0, 0.05) is 13.7 Å². The van der Waals surface area contributed by atoms with Gasteiger partial charge in [-0.25, -0.2) is 0 Å². The highest BCUT2D eigenvalue weighted by molar-refractivity contribution is 5.78. The van der Waals surface area contributed by atoms with Crippen LogP contribution in [0, 0.1) is 0 Å². The predicted molar refractivity (Wildman–Crippen MR) is 72.0 cm³/mol. The number of hydrogen-bond donors (Lipinski definition) is 2. The maximum Gasteiger partial charge on any atom is 0.314 e. The summed E-state index contributed by atoms with van der Waals surface area (Å²) in [6.45, 7) is 0.737. The van der Waals surface area contributed by atoms with Gasteiger partial charge in [-0.05, 0) is 5.56 Å². The van der Waals surface area contributed by atoms with Crippen LogP contribution in [0.25, 0.3) is 0 Å². The first-order chi connectivity index (χ1) is 9.22. The molecule has 5 heteroatoms. The van der Waals surface area contributed by atoms with Crippen LogP contribution in [0.15, 0.2) is 30.3 Å². The third-order valence-corrected chi connectivity index (χ3v) is 2.89. The maximum atomic E-state index is 11.8. The summed E-state index contributed by atoms with van der Waals surface area (Å²) in [5.74, 6) is -0.690. The van der Waals surface area contributed by atoms with E-state index in [1.165, 1.54) is 7.11 Å². The summed E-state index contributed by atoms with van der Waals surface area (Å²) in [5, 5.41) is 12.3. The number of methoxy groups -OCH3 is 2. The van der Waals surface area contributed by atoms with Crippen LogP contribution in [0.1, 0.15) is 11.5 Å². The molecule has 0 amide bonds. The average molecular weight is 267 g/mol. The van der Waals surface area contributed by atoms with E-state index >= 15 is 0 Å². The summed E-state index contributed by atoms with van der Waals surface area (Å²) in [7, 11) is 2.94. The number of aliphatic hydroxyl groups is 1. The van der Waals surface area contributed by atoms with Crippen LogP contribution in [0.3, 0.4) is 0 Å². The molecule has 1 aromatic rings. The topological polar surface area (TPSA) is 67.8 Å². The molecule has 0 spiro atoms. The molecule has 106 valence electrons. The van der Waals surface area contributed by atoms with Gasteiger partial charge < -0.3 is 19.9 Å². The zero-order chi connectivity index (χ0) is 14.1. The number of rotatable bonds is 8. The van der Waals surface area contributed by atoms with Crippen molar-refractivity contribution in [1.29, 1.82) is 0 Å². The second-order valence-corrected chi connectivity index (χ2v) is 4.23. The lowest BCUT2D eigenvalue weighted by molar-refractivity contribution is -0.142. The summed E-state index contributed by atoms with van der Waals surface area (Å²) in [5.41, 5.74) is 0.885. The maximum absolute atomic E-state index is 11.8. The Bertz CT molecular complexity index is 369. The lowest BCUT2D eigenvalue weighted by atomic mass is 9.99. The van der Waals surface area contributed by atoms with Crippen LogP contribution in [-0.4, -0.2) is 51.1 Å². The first-order valence-electron chi connectivity index (χ1n) is 6.18. The second-order valence-electron chi connectivity index (χ2n) is 4.23. The van der Waals surface area contributed by atoms with E-state index in [-0.39, 0.29) is 18.6 Å². The molecule has 1 aromatic carbocycles. The first-order valence-corrected chi connectivity index (χ1v) is 6.18. The molecule has 2 unspecified atom stereocenters. The van der Waals surface area contributed by atoms with Gasteiger partial charge in [0.15, 0.2) is 0 Å². The van der Waals surface area contributed by atoms with Gasteiger partial charge in [0.05, 0.1) is 32.3 Å². The monoisotopic (exact) mass is 267 g/mol. The molecule has 0 radical (unpaired) electrons. The fraction of sp³-hybridized carbons (Fsp3) is 0.500. The van der Waals surface area contributed by atoms with E-state index in [1.54, 1.807) is 7.11 Å². The van der Waals surface area contributed by atoms with Gasteiger partial charge in [-0.15, -0.1) is 0 Å². The Kier molecular flexibility index (Phi) is 7.10. The van der Waals surface area contributed by atoms with E-state index in [9.17, 15) is 9.90 Å². The normalized spacial score (nSPS) is 13.8. The van der Waals surface area contributed by atoms with Gasteiger partial charge in [-0.1, -0.05) is 30.3 Å². The third kappa shape index (κ3) is 4.98. The highest BCUT2D eigenvalue weighted by atomic mass is 16.5. The highest BCUT2D eigenvalue weighted by Crippen LogP contribution is 2.16. The SMILES string of the molecule is COCC(CO)NCC(C(=O)OC)c1ccccc1. The molecular weight excluding hydrogens is 246 g/mol. The van der Waals surface area contributed by atoms with Crippen molar-refractivity contribution in [2.75, 3.05) is 34.0 Å². The van der Waals surface area contributed by atoms with Gasteiger partial charge in [0.25, 0.3) is 0 Å². The molecule has 0 aliphatic carbocycles. The molecule has 0 aromatic heterocycles. The molecule has 1 rings (SSSR count). The lowest BCUT2D eigenvalue weighted by Gasteiger charge is -2.20. The van der Waals surface area contributed by atoms with Crippen molar-refractivity contribution < 1.29 is 19.4 Å². The minimum Gasteiger partial charge on any atom is -0.469 e. The largest absolute Gasteiger partial charge is 0.469 e. The Hall–Kier alpha value is -1.43. The number of hydrogen-bond acceptors (Lipinski definition) is 5. The van der Waals surface area contributed by atoms with Crippen molar-refractivity contribution in [2.24, 2.45) is 0 Å². The Labute approximate surface area is 113 Å². The summed E-state index contributed by atoms with van der Waals surface area (Å²) >= 11 is 0. The molecule has 2 atom stereocenters. The average Bonchev–Trinajstić information content (AvgIpc) is 2.47.